The number of morpholine rings is 1. The summed E-state index contributed by atoms with van der Waals surface area (Å²) >= 11 is 0. The second kappa shape index (κ2) is 9.56. The molecule has 1 fully saturated rings. The number of nitrogens with one attached hydrogen (secondary N) is 1. The maximum absolute atomic E-state index is 12.9. The molecule has 2 aromatic heterocycles. The Morgan fingerprint density at radius 3 is 2.66 bits per heavy atom. The topological polar surface area (TPSA) is 115 Å². The molecular formula is C22H24N6O4. The van der Waals surface area contributed by atoms with E-state index < -0.39 is 4.92 Å². The molecule has 1 N–H and O–H groups in total. The lowest BCUT2D eigenvalue weighted by atomic mass is 10.1. The first kappa shape index (κ1) is 21.4. The van der Waals surface area contributed by atoms with Crippen LogP contribution >= 0.6 is 0 Å². The third-order valence-corrected chi connectivity index (χ3v) is 5.35. The third kappa shape index (κ3) is 4.59. The van der Waals surface area contributed by atoms with Gasteiger partial charge in [0.05, 0.1) is 41.3 Å². The summed E-state index contributed by atoms with van der Waals surface area (Å²) in [5, 5.41) is 18.2. The van der Waals surface area contributed by atoms with Crippen LogP contribution in [0.1, 0.15) is 28.5 Å². The Morgan fingerprint density at radius 1 is 1.22 bits per heavy atom. The van der Waals surface area contributed by atoms with Gasteiger partial charge in [0.2, 0.25) is 0 Å². The Hall–Kier alpha value is -3.79. The van der Waals surface area contributed by atoms with Crippen LogP contribution in [-0.2, 0) is 17.7 Å². The van der Waals surface area contributed by atoms with E-state index in [1.807, 2.05) is 19.1 Å². The molecule has 0 bridgehead atoms. The van der Waals surface area contributed by atoms with Gasteiger partial charge in [0.1, 0.15) is 5.82 Å². The van der Waals surface area contributed by atoms with E-state index in [4.69, 9.17) is 4.74 Å². The molecule has 166 valence electrons. The highest BCUT2D eigenvalue weighted by Crippen LogP contribution is 2.19. The fourth-order valence-electron chi connectivity index (χ4n) is 3.66. The lowest BCUT2D eigenvalue weighted by Crippen LogP contribution is -2.36. The average Bonchev–Trinajstić information content (AvgIpc) is 3.27. The van der Waals surface area contributed by atoms with Gasteiger partial charge >= 0.3 is 0 Å². The highest BCUT2D eigenvalue weighted by Gasteiger charge is 2.18. The minimum Gasteiger partial charge on any atom is -0.378 e. The Kier molecular flexibility index (Phi) is 6.41. The van der Waals surface area contributed by atoms with Gasteiger partial charge in [-0.05, 0) is 36.2 Å². The summed E-state index contributed by atoms with van der Waals surface area (Å²) in [6, 6.07) is 9.95. The number of non-ortho nitro benzene ring substituents is 1. The van der Waals surface area contributed by atoms with Crippen molar-refractivity contribution in [1.82, 2.24) is 20.1 Å². The molecule has 4 rings (SSSR count). The van der Waals surface area contributed by atoms with Gasteiger partial charge in [0.15, 0.2) is 0 Å². The smallest absolute Gasteiger partial charge is 0.269 e. The quantitative estimate of drug-likeness (QED) is 0.447. The van der Waals surface area contributed by atoms with Gasteiger partial charge in [-0.25, -0.2) is 9.67 Å². The van der Waals surface area contributed by atoms with Crippen molar-refractivity contribution in [1.29, 1.82) is 0 Å². The number of hydrogen-bond acceptors (Lipinski definition) is 7. The zero-order valence-electron chi connectivity index (χ0n) is 17.7. The second-order valence-corrected chi connectivity index (χ2v) is 7.35. The van der Waals surface area contributed by atoms with Gasteiger partial charge in [0.25, 0.3) is 11.6 Å². The fourth-order valence-corrected chi connectivity index (χ4v) is 3.66. The molecule has 1 saturated heterocycles. The van der Waals surface area contributed by atoms with Crippen LogP contribution < -0.4 is 10.2 Å². The lowest BCUT2D eigenvalue weighted by Gasteiger charge is -2.28. The van der Waals surface area contributed by atoms with Gasteiger partial charge in [-0.1, -0.05) is 6.92 Å². The molecule has 0 saturated carbocycles. The number of anilines is 1. The first-order valence-corrected chi connectivity index (χ1v) is 10.4. The van der Waals surface area contributed by atoms with Gasteiger partial charge in [-0.2, -0.15) is 5.10 Å². The predicted octanol–water partition coefficient (Wildman–Crippen LogP) is 2.50. The Bertz CT molecular complexity index is 1110. The molecule has 1 aromatic carbocycles. The highest BCUT2D eigenvalue weighted by atomic mass is 16.6. The summed E-state index contributed by atoms with van der Waals surface area (Å²) in [6.07, 6.45) is 3.86. The monoisotopic (exact) mass is 436 g/mol. The number of amides is 1. The Labute approximate surface area is 185 Å². The summed E-state index contributed by atoms with van der Waals surface area (Å²) < 4.78 is 7.03. The van der Waals surface area contributed by atoms with Crippen molar-refractivity contribution in [3.8, 4) is 5.69 Å². The molecule has 1 amide bonds. The number of nitro groups is 1. The van der Waals surface area contributed by atoms with E-state index in [-0.39, 0.29) is 11.6 Å². The van der Waals surface area contributed by atoms with E-state index in [9.17, 15) is 14.9 Å². The van der Waals surface area contributed by atoms with Crippen molar-refractivity contribution < 1.29 is 14.5 Å². The summed E-state index contributed by atoms with van der Waals surface area (Å²) in [4.78, 5) is 29.9. The van der Waals surface area contributed by atoms with Crippen LogP contribution in [0, 0.1) is 10.1 Å². The standard InChI is InChI=1S/C22H24N6O4/c1-2-20-19(15-25-27(20)17-3-5-18(6-4-17)28(30)31)22(29)24-14-16-7-8-23-21(13-16)26-9-11-32-12-10-26/h3-8,13,15H,2,9-12,14H2,1H3,(H,24,29). The predicted molar refractivity (Wildman–Crippen MR) is 118 cm³/mol. The van der Waals surface area contributed by atoms with Crippen LogP contribution in [0.25, 0.3) is 5.69 Å². The molecule has 0 aliphatic carbocycles. The van der Waals surface area contributed by atoms with Crippen molar-refractivity contribution in [2.24, 2.45) is 0 Å². The fraction of sp³-hybridized carbons (Fsp3) is 0.318. The highest BCUT2D eigenvalue weighted by molar-refractivity contribution is 5.95. The van der Waals surface area contributed by atoms with Crippen LogP contribution in [0.5, 0.6) is 0 Å². The number of carbonyl (C=O) groups excluding carboxylic acids is 1. The van der Waals surface area contributed by atoms with Crippen molar-refractivity contribution >= 4 is 17.4 Å². The van der Waals surface area contributed by atoms with E-state index >= 15 is 0 Å². The van der Waals surface area contributed by atoms with Crippen LogP contribution in [-0.4, -0.2) is 51.9 Å². The van der Waals surface area contributed by atoms with Crippen molar-refractivity contribution in [2.75, 3.05) is 31.2 Å². The number of rotatable bonds is 7. The number of pyridine rings is 1. The summed E-state index contributed by atoms with van der Waals surface area (Å²) in [7, 11) is 0. The number of carbonyl (C=O) groups is 1. The molecule has 10 heteroatoms. The number of nitrogens with zero attached hydrogens (tertiary/aromatic N) is 5. The Morgan fingerprint density at radius 2 is 1.97 bits per heavy atom. The summed E-state index contributed by atoms with van der Waals surface area (Å²) in [5.74, 6) is 0.653. The maximum atomic E-state index is 12.9. The van der Waals surface area contributed by atoms with Crippen LogP contribution in [0.15, 0.2) is 48.8 Å². The minimum atomic E-state index is -0.448. The number of hydrogen-bond donors (Lipinski definition) is 1. The molecule has 0 spiro atoms. The molecule has 1 aliphatic heterocycles. The largest absolute Gasteiger partial charge is 0.378 e. The van der Waals surface area contributed by atoms with E-state index in [0.717, 1.165) is 30.2 Å². The molecule has 0 radical (unpaired) electrons. The van der Waals surface area contributed by atoms with Crippen LogP contribution in [0.4, 0.5) is 11.5 Å². The Balaban J connectivity index is 1.46. The van der Waals surface area contributed by atoms with Crippen molar-refractivity contribution in [3.05, 3.63) is 75.7 Å². The normalized spacial score (nSPS) is 13.7. The van der Waals surface area contributed by atoms with Crippen LogP contribution in [0.3, 0.4) is 0 Å². The minimum absolute atomic E-state index is 0.00530. The maximum Gasteiger partial charge on any atom is 0.269 e. The molecule has 0 atom stereocenters. The molecule has 3 heterocycles. The number of aromatic nitrogens is 3. The average molecular weight is 436 g/mol. The second-order valence-electron chi connectivity index (χ2n) is 7.35. The first-order chi connectivity index (χ1) is 15.6. The third-order valence-electron chi connectivity index (χ3n) is 5.35. The number of ether oxygens (including phenoxy) is 1. The zero-order chi connectivity index (χ0) is 22.5. The molecule has 32 heavy (non-hydrogen) atoms. The van der Waals surface area contributed by atoms with Crippen molar-refractivity contribution in [2.45, 2.75) is 19.9 Å². The van der Waals surface area contributed by atoms with E-state index in [0.29, 0.717) is 37.4 Å². The van der Waals surface area contributed by atoms with Gasteiger partial charge in [0, 0.05) is 38.0 Å². The van der Waals surface area contributed by atoms with Gasteiger partial charge in [-0.15, -0.1) is 0 Å². The summed E-state index contributed by atoms with van der Waals surface area (Å²) in [6.45, 7) is 5.26. The lowest BCUT2D eigenvalue weighted by molar-refractivity contribution is -0.384. The molecule has 1 aliphatic rings. The molecule has 3 aromatic rings. The van der Waals surface area contributed by atoms with Crippen LogP contribution in [0.2, 0.25) is 0 Å². The van der Waals surface area contributed by atoms with E-state index in [1.165, 1.54) is 18.3 Å². The van der Waals surface area contributed by atoms with E-state index in [1.54, 1.807) is 23.0 Å². The van der Waals surface area contributed by atoms with E-state index in [2.05, 4.69) is 20.3 Å². The zero-order valence-corrected chi connectivity index (χ0v) is 17.7. The molecule has 0 unspecified atom stereocenters. The molecule has 10 nitrogen and oxygen atoms in total. The van der Waals surface area contributed by atoms with Gasteiger partial charge in [-0.3, -0.25) is 14.9 Å². The first-order valence-electron chi connectivity index (χ1n) is 10.4. The van der Waals surface area contributed by atoms with Gasteiger partial charge < -0.3 is 15.0 Å². The number of benzene rings is 1. The number of nitro benzene ring substituents is 1. The SMILES string of the molecule is CCc1c(C(=O)NCc2ccnc(N3CCOCC3)c2)cnn1-c1ccc([N+](=O)[O-])cc1. The summed E-state index contributed by atoms with van der Waals surface area (Å²) in [5.41, 5.74) is 2.84. The molecular weight excluding hydrogens is 412 g/mol. The van der Waals surface area contributed by atoms with Crippen molar-refractivity contribution in [3.63, 3.8) is 0 Å².